The quantitative estimate of drug-likeness (QED) is 0.306. The third kappa shape index (κ3) is 5.45. The van der Waals surface area contributed by atoms with E-state index in [-0.39, 0.29) is 5.97 Å². The summed E-state index contributed by atoms with van der Waals surface area (Å²) in [4.78, 5) is 10.9. The van der Waals surface area contributed by atoms with Gasteiger partial charge in [-0.2, -0.15) is 0 Å². The maximum absolute atomic E-state index is 10.9. The molecule has 6 heteroatoms. The van der Waals surface area contributed by atoms with E-state index in [1.807, 2.05) is 0 Å². The van der Waals surface area contributed by atoms with E-state index in [4.69, 9.17) is 4.74 Å². The number of benzene rings is 1. The molecule has 1 rings (SSSR count). The fourth-order valence-electron chi connectivity index (χ4n) is 1.16. The van der Waals surface area contributed by atoms with E-state index in [1.54, 1.807) is 0 Å². The Kier molecular flexibility index (Phi) is 7.38. The lowest BCUT2D eigenvalue weighted by atomic mass is 10.3. The Morgan fingerprint density at radius 3 is 2.35 bits per heavy atom. The molecule has 94 valence electrons. The molecule has 0 fully saturated rings. The summed E-state index contributed by atoms with van der Waals surface area (Å²) in [6.45, 7) is 0.529. The summed E-state index contributed by atoms with van der Waals surface area (Å²) in [5.41, 5.74) is 0. The molecular formula is C11H11I3O3. The van der Waals surface area contributed by atoms with E-state index in [2.05, 4.69) is 84.6 Å². The standard InChI is InChI=1S/C11H11I3O3/c1-16-10(15)3-2-4-17-11-8(13)5-7(12)6-9(11)14/h5-6H,2-4H2,1H3. The predicted molar refractivity (Wildman–Crippen MR) is 91.3 cm³/mol. The molecule has 0 aliphatic rings. The van der Waals surface area contributed by atoms with Gasteiger partial charge >= 0.3 is 5.97 Å². The molecule has 0 aromatic heterocycles. The zero-order valence-corrected chi connectivity index (χ0v) is 15.6. The Labute approximate surface area is 141 Å². The van der Waals surface area contributed by atoms with Crippen molar-refractivity contribution >= 4 is 73.7 Å². The molecule has 0 N–H and O–H groups in total. The predicted octanol–water partition coefficient (Wildman–Crippen LogP) is 3.83. The smallest absolute Gasteiger partial charge is 0.305 e. The van der Waals surface area contributed by atoms with Crippen LogP contribution in [0.25, 0.3) is 0 Å². The van der Waals surface area contributed by atoms with E-state index in [0.29, 0.717) is 19.4 Å². The zero-order valence-electron chi connectivity index (χ0n) is 9.13. The van der Waals surface area contributed by atoms with Gasteiger partial charge in [0, 0.05) is 9.99 Å². The van der Waals surface area contributed by atoms with Gasteiger partial charge in [-0.25, -0.2) is 0 Å². The van der Waals surface area contributed by atoms with E-state index in [0.717, 1.165) is 12.9 Å². The zero-order chi connectivity index (χ0) is 12.8. The summed E-state index contributed by atoms with van der Waals surface area (Å²) in [5.74, 6) is 0.706. The normalized spacial score (nSPS) is 10.1. The molecule has 17 heavy (non-hydrogen) atoms. The van der Waals surface area contributed by atoms with Crippen molar-refractivity contribution in [1.29, 1.82) is 0 Å². The minimum atomic E-state index is -0.194. The number of halogens is 3. The summed E-state index contributed by atoms with van der Waals surface area (Å²) in [7, 11) is 1.40. The Morgan fingerprint density at radius 1 is 1.24 bits per heavy atom. The Morgan fingerprint density at radius 2 is 1.82 bits per heavy atom. The van der Waals surface area contributed by atoms with Crippen LogP contribution in [0.1, 0.15) is 12.8 Å². The van der Waals surface area contributed by atoms with E-state index < -0.39 is 0 Å². The number of carbonyl (C=O) groups excluding carboxylic acids is 1. The highest BCUT2D eigenvalue weighted by atomic mass is 127. The van der Waals surface area contributed by atoms with Crippen molar-refractivity contribution in [1.82, 2.24) is 0 Å². The summed E-state index contributed by atoms with van der Waals surface area (Å²) >= 11 is 6.80. The van der Waals surface area contributed by atoms with Gasteiger partial charge in [0.15, 0.2) is 0 Å². The summed E-state index contributed by atoms with van der Waals surface area (Å²) in [5, 5.41) is 0. The maximum Gasteiger partial charge on any atom is 0.305 e. The van der Waals surface area contributed by atoms with E-state index >= 15 is 0 Å². The summed E-state index contributed by atoms with van der Waals surface area (Å²) < 4.78 is 13.6. The number of rotatable bonds is 5. The molecule has 0 spiro atoms. The lowest BCUT2D eigenvalue weighted by Crippen LogP contribution is -2.06. The van der Waals surface area contributed by atoms with E-state index in [1.165, 1.54) is 10.7 Å². The monoisotopic (exact) mass is 572 g/mol. The fraction of sp³-hybridized carbons (Fsp3) is 0.364. The first-order valence-corrected chi connectivity index (χ1v) is 8.12. The molecule has 1 aromatic carbocycles. The number of hydrogen-bond acceptors (Lipinski definition) is 3. The molecule has 3 nitrogen and oxygen atoms in total. The number of methoxy groups -OCH3 is 1. The van der Waals surface area contributed by atoms with Crippen molar-refractivity contribution in [2.75, 3.05) is 13.7 Å². The Hall–Kier alpha value is 0.680. The highest BCUT2D eigenvalue weighted by Crippen LogP contribution is 2.29. The first-order chi connectivity index (χ1) is 8.04. The van der Waals surface area contributed by atoms with Gasteiger partial charge in [0.2, 0.25) is 0 Å². The van der Waals surface area contributed by atoms with Crippen molar-refractivity contribution in [2.45, 2.75) is 12.8 Å². The van der Waals surface area contributed by atoms with Crippen molar-refractivity contribution in [3.63, 3.8) is 0 Å². The SMILES string of the molecule is COC(=O)CCCOc1c(I)cc(I)cc1I. The van der Waals surface area contributed by atoms with Gasteiger partial charge in [-0.1, -0.05) is 0 Å². The molecule has 0 aliphatic carbocycles. The van der Waals surface area contributed by atoms with Gasteiger partial charge in [-0.3, -0.25) is 4.79 Å². The number of ether oxygens (including phenoxy) is 2. The minimum absolute atomic E-state index is 0.194. The third-order valence-electron chi connectivity index (χ3n) is 1.96. The highest BCUT2D eigenvalue weighted by Gasteiger charge is 2.08. The van der Waals surface area contributed by atoms with Crippen LogP contribution in [-0.4, -0.2) is 19.7 Å². The minimum Gasteiger partial charge on any atom is -0.491 e. The van der Waals surface area contributed by atoms with Gasteiger partial charge in [0.1, 0.15) is 5.75 Å². The van der Waals surface area contributed by atoms with Crippen LogP contribution in [0.15, 0.2) is 12.1 Å². The average Bonchev–Trinajstić information content (AvgIpc) is 2.26. The second-order valence-corrected chi connectivity index (χ2v) is 6.80. The van der Waals surface area contributed by atoms with Gasteiger partial charge in [-0.05, 0) is 86.3 Å². The Bertz CT molecular complexity index is 384. The van der Waals surface area contributed by atoms with Crippen LogP contribution in [-0.2, 0) is 9.53 Å². The second kappa shape index (κ2) is 7.97. The van der Waals surface area contributed by atoms with Crippen molar-refractivity contribution < 1.29 is 14.3 Å². The van der Waals surface area contributed by atoms with Gasteiger partial charge in [0.05, 0.1) is 20.9 Å². The number of hydrogen-bond donors (Lipinski definition) is 0. The third-order valence-corrected chi connectivity index (χ3v) is 4.19. The molecule has 0 saturated carbocycles. The number of carbonyl (C=O) groups is 1. The first-order valence-electron chi connectivity index (χ1n) is 4.88. The molecule has 1 aromatic rings. The molecule has 0 heterocycles. The molecule has 0 aliphatic heterocycles. The topological polar surface area (TPSA) is 35.5 Å². The average molecular weight is 572 g/mol. The van der Waals surface area contributed by atoms with Gasteiger partial charge < -0.3 is 9.47 Å². The lowest BCUT2D eigenvalue weighted by molar-refractivity contribution is -0.140. The van der Waals surface area contributed by atoms with Crippen LogP contribution in [0, 0.1) is 10.7 Å². The maximum atomic E-state index is 10.9. The van der Waals surface area contributed by atoms with Gasteiger partial charge in [-0.15, -0.1) is 0 Å². The molecule has 0 amide bonds. The van der Waals surface area contributed by atoms with E-state index in [9.17, 15) is 4.79 Å². The van der Waals surface area contributed by atoms with Crippen LogP contribution < -0.4 is 4.74 Å². The number of esters is 1. The summed E-state index contributed by atoms with van der Waals surface area (Å²) in [6.07, 6.45) is 1.07. The van der Waals surface area contributed by atoms with Crippen LogP contribution in [0.3, 0.4) is 0 Å². The first kappa shape index (κ1) is 15.7. The molecule has 0 bridgehead atoms. The highest BCUT2D eigenvalue weighted by molar-refractivity contribution is 14.1. The largest absolute Gasteiger partial charge is 0.491 e. The van der Waals surface area contributed by atoms with Crippen LogP contribution >= 0.6 is 67.8 Å². The van der Waals surface area contributed by atoms with Crippen LogP contribution in [0.4, 0.5) is 0 Å². The lowest BCUT2D eigenvalue weighted by Gasteiger charge is -2.10. The van der Waals surface area contributed by atoms with Crippen molar-refractivity contribution in [3.05, 3.63) is 22.8 Å². The van der Waals surface area contributed by atoms with Crippen molar-refractivity contribution in [2.24, 2.45) is 0 Å². The fourth-order valence-corrected chi connectivity index (χ4v) is 5.05. The Balaban J connectivity index is 2.50. The molecular weight excluding hydrogens is 561 g/mol. The molecule has 0 atom stereocenters. The molecule has 0 saturated heterocycles. The summed E-state index contributed by atoms with van der Waals surface area (Å²) in [6, 6.07) is 4.14. The second-order valence-electron chi connectivity index (χ2n) is 3.23. The van der Waals surface area contributed by atoms with Crippen LogP contribution in [0.5, 0.6) is 5.75 Å². The van der Waals surface area contributed by atoms with Gasteiger partial charge in [0.25, 0.3) is 0 Å². The van der Waals surface area contributed by atoms with Crippen LogP contribution in [0.2, 0.25) is 0 Å². The molecule has 0 radical (unpaired) electrons. The molecule has 0 unspecified atom stereocenters. The van der Waals surface area contributed by atoms with Crippen molar-refractivity contribution in [3.8, 4) is 5.75 Å².